The summed E-state index contributed by atoms with van der Waals surface area (Å²) < 4.78 is 20.7. The number of thiol groups is 1. The van der Waals surface area contributed by atoms with Crippen molar-refractivity contribution in [2.24, 2.45) is 5.73 Å². The van der Waals surface area contributed by atoms with Gasteiger partial charge in [-0.15, -0.1) is 0 Å². The highest BCUT2D eigenvalue weighted by atomic mass is 35.5. The molecule has 0 heterocycles. The van der Waals surface area contributed by atoms with Gasteiger partial charge in [0.1, 0.15) is 5.88 Å². The molecule has 0 saturated carbocycles. The number of nitrogens with one attached hydrogen (secondary N) is 1. The van der Waals surface area contributed by atoms with Crippen LogP contribution in [0.5, 0.6) is 0 Å². The van der Waals surface area contributed by atoms with Gasteiger partial charge in [-0.3, -0.25) is 0 Å². The van der Waals surface area contributed by atoms with Gasteiger partial charge in [-0.1, -0.05) is 11.6 Å². The molecule has 0 radical (unpaired) electrons. The van der Waals surface area contributed by atoms with Crippen LogP contribution < -0.4 is 11.1 Å². The zero-order valence-corrected chi connectivity index (χ0v) is 9.02. The van der Waals surface area contributed by atoms with Crippen LogP contribution in [-0.2, 0) is 17.2 Å². The Morgan fingerprint density at radius 2 is 2.14 bits per heavy atom. The van der Waals surface area contributed by atoms with E-state index in [9.17, 15) is 8.42 Å². The van der Waals surface area contributed by atoms with E-state index in [0.29, 0.717) is 17.3 Å². The number of hydrogen-bond acceptors (Lipinski definition) is 4. The van der Waals surface area contributed by atoms with Crippen molar-refractivity contribution in [3.63, 3.8) is 0 Å². The molecular formula is C8H11ClN2O2S. The standard InChI is InChI=1S/C8H11ClN2O2S/c9-7-1-2-8(6(3-7)4-10)11-5-14(12)13/h1-3,11,14H,4-5,10H2. The first-order chi connectivity index (χ1) is 6.63. The lowest BCUT2D eigenvalue weighted by Gasteiger charge is -2.08. The molecule has 0 bridgehead atoms. The van der Waals surface area contributed by atoms with Gasteiger partial charge in [0.15, 0.2) is 10.7 Å². The van der Waals surface area contributed by atoms with Crippen LogP contribution in [0.3, 0.4) is 0 Å². The molecule has 4 nitrogen and oxygen atoms in total. The first-order valence-electron chi connectivity index (χ1n) is 3.97. The summed E-state index contributed by atoms with van der Waals surface area (Å²) >= 11 is 5.76. The Bertz CT molecular complexity index is 385. The second-order valence-electron chi connectivity index (χ2n) is 2.67. The van der Waals surface area contributed by atoms with Gasteiger partial charge >= 0.3 is 0 Å². The van der Waals surface area contributed by atoms with Crippen molar-refractivity contribution in [1.29, 1.82) is 0 Å². The van der Waals surface area contributed by atoms with Crippen molar-refractivity contribution in [1.82, 2.24) is 0 Å². The predicted molar refractivity (Wildman–Crippen MR) is 58.1 cm³/mol. The molecule has 1 aromatic rings. The molecule has 3 N–H and O–H groups in total. The van der Waals surface area contributed by atoms with Crippen molar-refractivity contribution in [2.75, 3.05) is 11.2 Å². The highest BCUT2D eigenvalue weighted by Gasteiger charge is 2.01. The summed E-state index contributed by atoms with van der Waals surface area (Å²) in [6.45, 7) is 0.318. The maximum atomic E-state index is 10.4. The minimum absolute atomic E-state index is 0.0933. The van der Waals surface area contributed by atoms with Crippen molar-refractivity contribution >= 4 is 28.0 Å². The van der Waals surface area contributed by atoms with E-state index in [1.807, 2.05) is 0 Å². The van der Waals surface area contributed by atoms with E-state index >= 15 is 0 Å². The fourth-order valence-corrected chi connectivity index (χ4v) is 1.55. The number of nitrogens with two attached hydrogens (primary N) is 1. The molecule has 1 rings (SSSR count). The Morgan fingerprint density at radius 1 is 1.43 bits per heavy atom. The lowest BCUT2D eigenvalue weighted by molar-refractivity contribution is 0.616. The first kappa shape index (κ1) is 11.3. The van der Waals surface area contributed by atoms with Crippen LogP contribution in [0.1, 0.15) is 5.56 Å². The summed E-state index contributed by atoms with van der Waals surface area (Å²) in [4.78, 5) is 0. The number of benzene rings is 1. The van der Waals surface area contributed by atoms with E-state index in [1.54, 1.807) is 18.2 Å². The van der Waals surface area contributed by atoms with Crippen LogP contribution in [0.15, 0.2) is 18.2 Å². The van der Waals surface area contributed by atoms with Gasteiger partial charge in [0, 0.05) is 17.3 Å². The molecule has 0 aromatic heterocycles. The fraction of sp³-hybridized carbons (Fsp3) is 0.250. The van der Waals surface area contributed by atoms with Gasteiger partial charge in [0.2, 0.25) is 0 Å². The average molecular weight is 235 g/mol. The van der Waals surface area contributed by atoms with E-state index in [4.69, 9.17) is 17.3 Å². The molecule has 0 aliphatic carbocycles. The second kappa shape index (κ2) is 5.19. The number of anilines is 1. The SMILES string of the molecule is NCc1cc(Cl)ccc1NC[SH](=O)=O. The largest absolute Gasteiger partial charge is 0.372 e. The highest BCUT2D eigenvalue weighted by molar-refractivity contribution is 7.72. The lowest BCUT2D eigenvalue weighted by Crippen LogP contribution is -2.07. The molecule has 0 aliphatic rings. The molecule has 0 fully saturated rings. The Hall–Kier alpha value is -0.780. The van der Waals surface area contributed by atoms with E-state index in [2.05, 4.69) is 5.32 Å². The van der Waals surface area contributed by atoms with E-state index in [-0.39, 0.29) is 5.88 Å². The molecule has 14 heavy (non-hydrogen) atoms. The summed E-state index contributed by atoms with van der Waals surface area (Å²) in [7, 11) is -2.43. The van der Waals surface area contributed by atoms with E-state index in [0.717, 1.165) is 5.56 Å². The molecule has 1 aromatic carbocycles. The van der Waals surface area contributed by atoms with Crippen molar-refractivity contribution in [3.8, 4) is 0 Å². The molecule has 78 valence electrons. The lowest BCUT2D eigenvalue weighted by atomic mass is 10.2. The van der Waals surface area contributed by atoms with Crippen LogP contribution in [-0.4, -0.2) is 14.3 Å². The third-order valence-electron chi connectivity index (χ3n) is 1.69. The van der Waals surface area contributed by atoms with Crippen molar-refractivity contribution in [3.05, 3.63) is 28.8 Å². The summed E-state index contributed by atoms with van der Waals surface area (Å²) in [5.74, 6) is -0.0933. The summed E-state index contributed by atoms with van der Waals surface area (Å²) in [5.41, 5.74) is 6.98. The van der Waals surface area contributed by atoms with Gasteiger partial charge < -0.3 is 11.1 Å². The van der Waals surface area contributed by atoms with Crippen LogP contribution in [0.25, 0.3) is 0 Å². The molecule has 0 atom stereocenters. The van der Waals surface area contributed by atoms with Gasteiger partial charge in [-0.2, -0.15) is 0 Å². The van der Waals surface area contributed by atoms with Crippen molar-refractivity contribution in [2.45, 2.75) is 6.54 Å². The Kier molecular flexibility index (Phi) is 4.19. The monoisotopic (exact) mass is 234 g/mol. The third kappa shape index (κ3) is 3.17. The molecule has 0 unspecified atom stereocenters. The van der Waals surface area contributed by atoms with Crippen LogP contribution in [0, 0.1) is 0 Å². The minimum atomic E-state index is -2.43. The zero-order valence-electron chi connectivity index (χ0n) is 7.37. The Morgan fingerprint density at radius 3 is 2.71 bits per heavy atom. The zero-order chi connectivity index (χ0) is 10.6. The summed E-state index contributed by atoms with van der Waals surface area (Å²) in [6.07, 6.45) is 0. The summed E-state index contributed by atoms with van der Waals surface area (Å²) in [5, 5.41) is 3.34. The minimum Gasteiger partial charge on any atom is -0.372 e. The van der Waals surface area contributed by atoms with Crippen LogP contribution >= 0.6 is 11.6 Å². The molecule has 6 heteroatoms. The molecular weight excluding hydrogens is 224 g/mol. The quantitative estimate of drug-likeness (QED) is 0.674. The number of rotatable bonds is 4. The van der Waals surface area contributed by atoms with Crippen LogP contribution in [0.4, 0.5) is 5.69 Å². The fourth-order valence-electron chi connectivity index (χ4n) is 1.05. The highest BCUT2D eigenvalue weighted by Crippen LogP contribution is 2.19. The van der Waals surface area contributed by atoms with E-state index in [1.165, 1.54) is 0 Å². The summed E-state index contributed by atoms with van der Waals surface area (Å²) in [6, 6.07) is 5.10. The predicted octanol–water partition coefficient (Wildman–Crippen LogP) is 0.780. The van der Waals surface area contributed by atoms with E-state index < -0.39 is 10.7 Å². The van der Waals surface area contributed by atoms with Gasteiger partial charge in [0.25, 0.3) is 0 Å². The first-order valence-corrected chi connectivity index (χ1v) is 5.71. The Balaban J connectivity index is 2.85. The molecule has 0 amide bonds. The normalized spacial score (nSPS) is 10.5. The molecule has 0 spiro atoms. The maximum Gasteiger partial charge on any atom is 0.158 e. The molecule has 0 aliphatic heterocycles. The van der Waals surface area contributed by atoms with Crippen LogP contribution in [0.2, 0.25) is 5.02 Å². The Labute approximate surface area is 89.0 Å². The van der Waals surface area contributed by atoms with Gasteiger partial charge in [0.05, 0.1) is 0 Å². The van der Waals surface area contributed by atoms with Gasteiger partial charge in [-0.05, 0) is 23.8 Å². The molecule has 0 saturated heterocycles. The topological polar surface area (TPSA) is 72.2 Å². The number of hydrogen-bond donors (Lipinski definition) is 3. The second-order valence-corrected chi connectivity index (χ2v) is 4.09. The smallest absolute Gasteiger partial charge is 0.158 e. The maximum absolute atomic E-state index is 10.4. The van der Waals surface area contributed by atoms with Crippen molar-refractivity contribution < 1.29 is 8.42 Å². The number of halogens is 1. The van der Waals surface area contributed by atoms with Gasteiger partial charge in [-0.25, -0.2) is 8.42 Å². The third-order valence-corrected chi connectivity index (χ3v) is 2.34. The average Bonchev–Trinajstić information content (AvgIpc) is 2.15.